The van der Waals surface area contributed by atoms with Gasteiger partial charge in [0.1, 0.15) is 6.54 Å². The Bertz CT molecular complexity index is 1030. The van der Waals surface area contributed by atoms with Crippen molar-refractivity contribution in [2.45, 2.75) is 0 Å². The number of anilines is 1. The summed E-state index contributed by atoms with van der Waals surface area (Å²) in [4.78, 5) is 26.7. The number of benzene rings is 3. The SMILES string of the molecule is O=C(CN1C(=O)CSC=C1c1ccccc1)Nc1cccc2ccccc12. The van der Waals surface area contributed by atoms with Gasteiger partial charge in [-0.3, -0.25) is 9.59 Å². The summed E-state index contributed by atoms with van der Waals surface area (Å²) in [6.45, 7) is -0.0106. The molecule has 0 aromatic heterocycles. The minimum atomic E-state index is -0.214. The predicted octanol–water partition coefficient (Wildman–Crippen LogP) is 4.35. The molecule has 0 bridgehead atoms. The normalized spacial score (nSPS) is 14.1. The number of carbonyl (C=O) groups is 2. The second-order valence-electron chi connectivity index (χ2n) is 6.23. The van der Waals surface area contributed by atoms with Gasteiger partial charge in [0.2, 0.25) is 11.8 Å². The molecule has 5 heteroatoms. The van der Waals surface area contributed by atoms with E-state index in [1.54, 1.807) is 4.90 Å². The van der Waals surface area contributed by atoms with E-state index >= 15 is 0 Å². The van der Waals surface area contributed by atoms with Gasteiger partial charge in [-0.05, 0) is 22.4 Å². The number of thioether (sulfide) groups is 1. The quantitative estimate of drug-likeness (QED) is 0.738. The predicted molar refractivity (Wildman–Crippen MR) is 111 cm³/mol. The van der Waals surface area contributed by atoms with Crippen LogP contribution < -0.4 is 5.32 Å². The van der Waals surface area contributed by atoms with Gasteiger partial charge >= 0.3 is 0 Å². The monoisotopic (exact) mass is 374 g/mol. The summed E-state index contributed by atoms with van der Waals surface area (Å²) >= 11 is 1.46. The van der Waals surface area contributed by atoms with E-state index in [9.17, 15) is 9.59 Å². The first-order chi connectivity index (χ1) is 13.2. The van der Waals surface area contributed by atoms with Crippen LogP contribution in [0.2, 0.25) is 0 Å². The van der Waals surface area contributed by atoms with Crippen LogP contribution in [0.15, 0.2) is 78.2 Å². The van der Waals surface area contributed by atoms with Crippen molar-refractivity contribution in [1.82, 2.24) is 4.90 Å². The number of amides is 2. The number of nitrogens with one attached hydrogen (secondary N) is 1. The minimum absolute atomic E-state index is 0.0106. The van der Waals surface area contributed by atoms with E-state index in [4.69, 9.17) is 0 Å². The highest BCUT2D eigenvalue weighted by Crippen LogP contribution is 2.28. The van der Waals surface area contributed by atoms with Crippen LogP contribution in [0.4, 0.5) is 5.69 Å². The van der Waals surface area contributed by atoms with E-state index in [0.29, 0.717) is 5.75 Å². The fourth-order valence-electron chi connectivity index (χ4n) is 3.14. The zero-order valence-electron chi connectivity index (χ0n) is 14.6. The molecule has 0 fully saturated rings. The average molecular weight is 374 g/mol. The molecule has 0 aliphatic carbocycles. The van der Waals surface area contributed by atoms with Crippen molar-refractivity contribution in [3.05, 3.63) is 83.8 Å². The summed E-state index contributed by atoms with van der Waals surface area (Å²) in [5.41, 5.74) is 2.45. The van der Waals surface area contributed by atoms with Crippen LogP contribution in [0.5, 0.6) is 0 Å². The molecule has 0 saturated heterocycles. The molecule has 0 radical (unpaired) electrons. The maximum absolute atomic E-state index is 12.7. The van der Waals surface area contributed by atoms with Crippen LogP contribution in [0.25, 0.3) is 16.5 Å². The third kappa shape index (κ3) is 3.73. The Kier molecular flexibility index (Phi) is 4.94. The van der Waals surface area contributed by atoms with Gasteiger partial charge in [0, 0.05) is 11.1 Å². The molecule has 4 nitrogen and oxygen atoms in total. The van der Waals surface area contributed by atoms with Gasteiger partial charge in [0.05, 0.1) is 11.4 Å². The van der Waals surface area contributed by atoms with Crippen LogP contribution in [0, 0.1) is 0 Å². The zero-order chi connectivity index (χ0) is 18.6. The molecule has 0 saturated carbocycles. The molecule has 2 amide bonds. The lowest BCUT2D eigenvalue weighted by Gasteiger charge is -2.28. The molecule has 0 atom stereocenters. The summed E-state index contributed by atoms with van der Waals surface area (Å²) < 4.78 is 0. The molecule has 1 heterocycles. The molecular weight excluding hydrogens is 356 g/mol. The van der Waals surface area contributed by atoms with Gasteiger partial charge < -0.3 is 10.2 Å². The van der Waals surface area contributed by atoms with Crippen molar-refractivity contribution in [2.24, 2.45) is 0 Å². The Hall–Kier alpha value is -3.05. The Labute approximate surface area is 161 Å². The van der Waals surface area contributed by atoms with Gasteiger partial charge in [-0.2, -0.15) is 0 Å². The highest BCUT2D eigenvalue weighted by molar-refractivity contribution is 8.03. The van der Waals surface area contributed by atoms with Crippen molar-refractivity contribution in [2.75, 3.05) is 17.6 Å². The summed E-state index contributed by atoms with van der Waals surface area (Å²) in [7, 11) is 0. The molecule has 4 rings (SSSR count). The Morgan fingerprint density at radius 1 is 0.963 bits per heavy atom. The molecule has 3 aromatic rings. The third-order valence-electron chi connectivity index (χ3n) is 4.43. The highest BCUT2D eigenvalue weighted by Gasteiger charge is 2.25. The van der Waals surface area contributed by atoms with E-state index in [1.165, 1.54) is 11.8 Å². The lowest BCUT2D eigenvalue weighted by Crippen LogP contribution is -2.39. The smallest absolute Gasteiger partial charge is 0.244 e. The van der Waals surface area contributed by atoms with Crippen LogP contribution in [-0.2, 0) is 9.59 Å². The molecule has 1 N–H and O–H groups in total. The summed E-state index contributed by atoms with van der Waals surface area (Å²) in [6.07, 6.45) is 0. The van der Waals surface area contributed by atoms with Crippen molar-refractivity contribution in [3.63, 3.8) is 0 Å². The zero-order valence-corrected chi connectivity index (χ0v) is 15.4. The number of fused-ring (bicyclic) bond motifs is 1. The average Bonchev–Trinajstić information content (AvgIpc) is 2.70. The molecule has 27 heavy (non-hydrogen) atoms. The molecule has 1 aliphatic heterocycles. The topological polar surface area (TPSA) is 49.4 Å². The second kappa shape index (κ2) is 7.68. The largest absolute Gasteiger partial charge is 0.324 e. The molecule has 1 aliphatic rings. The summed E-state index contributed by atoms with van der Waals surface area (Å²) in [5, 5.41) is 6.94. The maximum Gasteiger partial charge on any atom is 0.244 e. The first-order valence-electron chi connectivity index (χ1n) is 8.67. The van der Waals surface area contributed by atoms with E-state index in [2.05, 4.69) is 5.32 Å². The van der Waals surface area contributed by atoms with Crippen molar-refractivity contribution in [1.29, 1.82) is 0 Å². The first kappa shape index (κ1) is 17.4. The van der Waals surface area contributed by atoms with Crippen molar-refractivity contribution >= 4 is 45.7 Å². The van der Waals surface area contributed by atoms with E-state index in [0.717, 1.165) is 27.7 Å². The fraction of sp³-hybridized carbons (Fsp3) is 0.0909. The summed E-state index contributed by atoms with van der Waals surface area (Å²) in [5.74, 6) is 0.0700. The number of nitrogens with zero attached hydrogens (tertiary/aromatic N) is 1. The molecule has 134 valence electrons. The number of rotatable bonds is 4. The highest BCUT2D eigenvalue weighted by atomic mass is 32.2. The van der Waals surface area contributed by atoms with Gasteiger partial charge in [-0.1, -0.05) is 66.7 Å². The van der Waals surface area contributed by atoms with Crippen LogP contribution in [-0.4, -0.2) is 29.0 Å². The van der Waals surface area contributed by atoms with E-state index in [1.807, 2.05) is 78.2 Å². The standard InChI is InChI=1S/C22H18N2O2S/c25-21(23-19-12-6-10-16-7-4-5-11-18(16)19)13-24-20(14-27-15-22(24)26)17-8-2-1-3-9-17/h1-12,14H,13,15H2,(H,23,25). The van der Waals surface area contributed by atoms with Gasteiger partial charge in [0.25, 0.3) is 0 Å². The molecule has 3 aromatic carbocycles. The van der Waals surface area contributed by atoms with Crippen LogP contribution >= 0.6 is 11.8 Å². The van der Waals surface area contributed by atoms with Crippen LogP contribution in [0.3, 0.4) is 0 Å². The van der Waals surface area contributed by atoms with Crippen LogP contribution in [0.1, 0.15) is 5.56 Å². The molecule has 0 unspecified atom stereocenters. The second-order valence-corrected chi connectivity index (χ2v) is 7.09. The Balaban J connectivity index is 1.56. The Morgan fingerprint density at radius 2 is 1.70 bits per heavy atom. The minimum Gasteiger partial charge on any atom is -0.324 e. The van der Waals surface area contributed by atoms with Gasteiger partial charge in [-0.25, -0.2) is 0 Å². The van der Waals surface area contributed by atoms with Crippen molar-refractivity contribution in [3.8, 4) is 0 Å². The first-order valence-corrected chi connectivity index (χ1v) is 9.72. The number of carbonyl (C=O) groups excluding carboxylic acids is 2. The molecular formula is C22H18N2O2S. The fourth-order valence-corrected chi connectivity index (χ4v) is 3.94. The lowest BCUT2D eigenvalue weighted by atomic mass is 10.1. The summed E-state index contributed by atoms with van der Waals surface area (Å²) in [6, 6.07) is 23.4. The molecule has 0 spiro atoms. The van der Waals surface area contributed by atoms with Gasteiger partial charge in [-0.15, -0.1) is 11.8 Å². The van der Waals surface area contributed by atoms with Gasteiger partial charge in [0.15, 0.2) is 0 Å². The Morgan fingerprint density at radius 3 is 2.56 bits per heavy atom. The third-order valence-corrected chi connectivity index (χ3v) is 5.23. The number of hydrogen-bond acceptors (Lipinski definition) is 3. The van der Waals surface area contributed by atoms with E-state index < -0.39 is 0 Å². The van der Waals surface area contributed by atoms with Crippen molar-refractivity contribution < 1.29 is 9.59 Å². The number of hydrogen-bond donors (Lipinski definition) is 1. The van der Waals surface area contributed by atoms with E-state index in [-0.39, 0.29) is 18.4 Å². The lowest BCUT2D eigenvalue weighted by molar-refractivity contribution is -0.129. The maximum atomic E-state index is 12.7.